The first kappa shape index (κ1) is 14.6. The zero-order valence-corrected chi connectivity index (χ0v) is 12.3. The Balaban J connectivity index is 2.28. The lowest BCUT2D eigenvalue weighted by molar-refractivity contribution is -0.133. The largest absolute Gasteiger partial charge is 0.343 e. The van der Waals surface area contributed by atoms with Crippen LogP contribution in [0.5, 0.6) is 0 Å². The van der Waals surface area contributed by atoms with Gasteiger partial charge in [-0.2, -0.15) is 0 Å². The van der Waals surface area contributed by atoms with Crippen LogP contribution in [0.4, 0.5) is 5.69 Å². The smallest absolute Gasteiger partial charge is 0.250 e. The summed E-state index contributed by atoms with van der Waals surface area (Å²) < 4.78 is 0. The second kappa shape index (κ2) is 6.07. The fourth-order valence-electron chi connectivity index (χ4n) is 2.57. The van der Waals surface area contributed by atoms with Gasteiger partial charge in [0.2, 0.25) is 11.8 Å². The molecule has 108 valence electrons. The number of anilines is 1. The van der Waals surface area contributed by atoms with Crippen molar-refractivity contribution in [2.24, 2.45) is 0 Å². The molecule has 1 heterocycles. The molecule has 4 nitrogen and oxygen atoms in total. The predicted octanol–water partition coefficient (Wildman–Crippen LogP) is 2.27. The van der Waals surface area contributed by atoms with Crippen molar-refractivity contribution >= 4 is 17.5 Å². The van der Waals surface area contributed by atoms with Crippen LogP contribution < -0.4 is 10.2 Å². The van der Waals surface area contributed by atoms with Crippen LogP contribution in [0.15, 0.2) is 24.3 Å². The van der Waals surface area contributed by atoms with Crippen LogP contribution >= 0.6 is 0 Å². The van der Waals surface area contributed by atoms with E-state index in [0.717, 1.165) is 18.5 Å². The van der Waals surface area contributed by atoms with Crippen molar-refractivity contribution in [1.29, 1.82) is 0 Å². The second-order valence-electron chi connectivity index (χ2n) is 5.27. The van der Waals surface area contributed by atoms with E-state index in [9.17, 15) is 9.59 Å². The molecule has 2 unspecified atom stereocenters. The number of hydrogen-bond donors (Lipinski definition) is 1. The number of rotatable bonds is 4. The van der Waals surface area contributed by atoms with Crippen molar-refractivity contribution < 1.29 is 9.59 Å². The van der Waals surface area contributed by atoms with E-state index < -0.39 is 12.1 Å². The molecule has 2 atom stereocenters. The quantitative estimate of drug-likeness (QED) is 0.915. The van der Waals surface area contributed by atoms with Crippen molar-refractivity contribution in [3.05, 3.63) is 29.8 Å². The second-order valence-corrected chi connectivity index (χ2v) is 5.27. The number of piperazine rings is 1. The van der Waals surface area contributed by atoms with Gasteiger partial charge < -0.3 is 5.32 Å². The number of carbonyl (C=O) groups is 2. The van der Waals surface area contributed by atoms with Crippen molar-refractivity contribution in [1.82, 2.24) is 5.32 Å². The maximum atomic E-state index is 12.4. The van der Waals surface area contributed by atoms with E-state index in [1.54, 1.807) is 11.8 Å². The molecule has 1 aliphatic rings. The van der Waals surface area contributed by atoms with E-state index in [-0.39, 0.29) is 11.8 Å². The van der Waals surface area contributed by atoms with Gasteiger partial charge in [0.1, 0.15) is 12.1 Å². The normalized spacial score (nSPS) is 22.9. The van der Waals surface area contributed by atoms with Gasteiger partial charge in [-0.3, -0.25) is 14.5 Å². The highest BCUT2D eigenvalue weighted by Crippen LogP contribution is 2.23. The van der Waals surface area contributed by atoms with Crippen LogP contribution in [-0.2, 0) is 16.0 Å². The summed E-state index contributed by atoms with van der Waals surface area (Å²) in [6.07, 6.45) is 2.74. The molecule has 20 heavy (non-hydrogen) atoms. The monoisotopic (exact) mass is 274 g/mol. The molecule has 1 fully saturated rings. The number of hydrogen-bond acceptors (Lipinski definition) is 2. The van der Waals surface area contributed by atoms with Gasteiger partial charge in [0, 0.05) is 5.69 Å². The van der Waals surface area contributed by atoms with Crippen molar-refractivity contribution in [3.63, 3.8) is 0 Å². The Bertz CT molecular complexity index is 496. The first-order valence-corrected chi connectivity index (χ1v) is 7.30. The summed E-state index contributed by atoms with van der Waals surface area (Å²) in [5, 5.41) is 2.77. The molecule has 0 saturated carbocycles. The fourth-order valence-corrected chi connectivity index (χ4v) is 2.57. The van der Waals surface area contributed by atoms with Gasteiger partial charge in [0.25, 0.3) is 0 Å². The van der Waals surface area contributed by atoms with Gasteiger partial charge >= 0.3 is 0 Å². The Morgan fingerprint density at radius 2 is 1.80 bits per heavy atom. The summed E-state index contributed by atoms with van der Waals surface area (Å²) in [7, 11) is 0. The minimum absolute atomic E-state index is 0.0251. The molecule has 0 radical (unpaired) electrons. The summed E-state index contributed by atoms with van der Waals surface area (Å²) in [5.74, 6) is -0.114. The molecule has 2 rings (SSSR count). The summed E-state index contributed by atoms with van der Waals surface area (Å²) >= 11 is 0. The zero-order valence-electron chi connectivity index (χ0n) is 12.3. The molecule has 0 aromatic heterocycles. The molecule has 0 aliphatic carbocycles. The predicted molar refractivity (Wildman–Crippen MR) is 79.6 cm³/mol. The molecule has 2 amide bonds. The third-order valence-corrected chi connectivity index (χ3v) is 3.78. The van der Waals surface area contributed by atoms with Crippen molar-refractivity contribution in [2.45, 2.75) is 52.1 Å². The van der Waals surface area contributed by atoms with Crippen LogP contribution in [0.2, 0.25) is 0 Å². The van der Waals surface area contributed by atoms with E-state index >= 15 is 0 Å². The first-order chi connectivity index (χ1) is 9.58. The number of amides is 2. The van der Waals surface area contributed by atoms with Gasteiger partial charge in [-0.15, -0.1) is 0 Å². The Morgan fingerprint density at radius 3 is 2.35 bits per heavy atom. The molecular weight excluding hydrogens is 252 g/mol. The van der Waals surface area contributed by atoms with Gasteiger partial charge in [-0.1, -0.05) is 32.4 Å². The maximum Gasteiger partial charge on any atom is 0.250 e. The minimum Gasteiger partial charge on any atom is -0.343 e. The van der Waals surface area contributed by atoms with Crippen LogP contribution in [0.3, 0.4) is 0 Å². The fraction of sp³-hybridized carbons (Fsp3) is 0.500. The standard InChI is InChI=1S/C16H22N2O2/c1-4-6-12-7-9-13(10-8-12)18-11(3)15(19)17-14(5-2)16(18)20/h7-11,14H,4-6H2,1-3H3,(H,17,19). The molecule has 1 aliphatic heterocycles. The molecule has 1 aromatic carbocycles. The Morgan fingerprint density at radius 1 is 1.15 bits per heavy atom. The average molecular weight is 274 g/mol. The summed E-state index contributed by atoms with van der Waals surface area (Å²) in [4.78, 5) is 26.0. The molecule has 4 heteroatoms. The van der Waals surface area contributed by atoms with E-state index in [1.165, 1.54) is 5.56 Å². The van der Waals surface area contributed by atoms with E-state index in [2.05, 4.69) is 12.2 Å². The summed E-state index contributed by atoms with van der Waals surface area (Å²) in [6.45, 7) is 5.81. The highest BCUT2D eigenvalue weighted by molar-refractivity contribution is 6.08. The number of aryl methyl sites for hydroxylation is 1. The van der Waals surface area contributed by atoms with Gasteiger partial charge in [0.05, 0.1) is 0 Å². The van der Waals surface area contributed by atoms with E-state index in [4.69, 9.17) is 0 Å². The van der Waals surface area contributed by atoms with E-state index in [0.29, 0.717) is 6.42 Å². The lowest BCUT2D eigenvalue weighted by Crippen LogP contribution is -2.62. The van der Waals surface area contributed by atoms with Gasteiger partial charge in [-0.25, -0.2) is 0 Å². The molecule has 1 N–H and O–H groups in total. The van der Waals surface area contributed by atoms with Gasteiger partial charge in [-0.05, 0) is 37.5 Å². The summed E-state index contributed by atoms with van der Waals surface area (Å²) in [5.41, 5.74) is 2.06. The van der Waals surface area contributed by atoms with Crippen molar-refractivity contribution in [2.75, 3.05) is 4.90 Å². The molecular formula is C16H22N2O2. The zero-order chi connectivity index (χ0) is 14.7. The molecule has 0 spiro atoms. The number of carbonyl (C=O) groups excluding carboxylic acids is 2. The Kier molecular flexibility index (Phi) is 4.42. The lowest BCUT2D eigenvalue weighted by atomic mass is 10.0. The molecule has 1 saturated heterocycles. The van der Waals surface area contributed by atoms with Crippen LogP contribution in [0, 0.1) is 0 Å². The molecule has 0 bridgehead atoms. The SMILES string of the molecule is CCCc1ccc(N2C(=O)C(CC)NC(=O)C2C)cc1. The Labute approximate surface area is 120 Å². The van der Waals surface area contributed by atoms with Crippen LogP contribution in [0.25, 0.3) is 0 Å². The van der Waals surface area contributed by atoms with Crippen molar-refractivity contribution in [3.8, 4) is 0 Å². The number of nitrogens with one attached hydrogen (secondary N) is 1. The van der Waals surface area contributed by atoms with E-state index in [1.807, 2.05) is 31.2 Å². The van der Waals surface area contributed by atoms with Gasteiger partial charge in [0.15, 0.2) is 0 Å². The van der Waals surface area contributed by atoms with Crippen LogP contribution in [0.1, 0.15) is 39.2 Å². The minimum atomic E-state index is -0.456. The highest BCUT2D eigenvalue weighted by Gasteiger charge is 2.37. The third-order valence-electron chi connectivity index (χ3n) is 3.78. The highest BCUT2D eigenvalue weighted by atomic mass is 16.2. The van der Waals surface area contributed by atoms with Crippen LogP contribution in [-0.4, -0.2) is 23.9 Å². The lowest BCUT2D eigenvalue weighted by Gasteiger charge is -2.37. The number of benzene rings is 1. The summed E-state index contributed by atoms with van der Waals surface area (Å²) in [6, 6.07) is 7.07. The Hall–Kier alpha value is -1.84. The first-order valence-electron chi connectivity index (χ1n) is 7.30. The molecule has 1 aromatic rings. The average Bonchev–Trinajstić information content (AvgIpc) is 2.45. The third kappa shape index (κ3) is 2.69. The maximum absolute atomic E-state index is 12.4. The topological polar surface area (TPSA) is 49.4 Å². The number of nitrogens with zero attached hydrogens (tertiary/aromatic N) is 1.